The predicted molar refractivity (Wildman–Crippen MR) is 133 cm³/mol. The van der Waals surface area contributed by atoms with Crippen LogP contribution >= 0.6 is 0 Å². The fraction of sp³-hybridized carbons (Fsp3) is 0.269. The third kappa shape index (κ3) is 5.54. The van der Waals surface area contributed by atoms with Crippen LogP contribution in [0, 0.1) is 13.8 Å². The van der Waals surface area contributed by atoms with Crippen LogP contribution in [-0.2, 0) is 14.8 Å². The van der Waals surface area contributed by atoms with Crippen molar-refractivity contribution in [3.63, 3.8) is 0 Å². The van der Waals surface area contributed by atoms with Gasteiger partial charge in [0.15, 0.2) is 0 Å². The molecule has 174 valence electrons. The molecule has 0 saturated carbocycles. The van der Waals surface area contributed by atoms with E-state index in [2.05, 4.69) is 19.2 Å². The first-order valence-electron chi connectivity index (χ1n) is 10.8. The van der Waals surface area contributed by atoms with Crippen LogP contribution in [0.4, 0.5) is 11.4 Å². The van der Waals surface area contributed by atoms with Gasteiger partial charge in [-0.05, 0) is 67.3 Å². The van der Waals surface area contributed by atoms with E-state index in [4.69, 9.17) is 4.74 Å². The molecule has 3 rings (SSSR count). The van der Waals surface area contributed by atoms with Crippen molar-refractivity contribution in [2.75, 3.05) is 23.3 Å². The average molecular weight is 467 g/mol. The van der Waals surface area contributed by atoms with Crippen molar-refractivity contribution in [3.05, 3.63) is 83.4 Å². The van der Waals surface area contributed by atoms with Gasteiger partial charge in [0, 0.05) is 5.69 Å². The third-order valence-corrected chi connectivity index (χ3v) is 7.24. The first-order valence-corrected chi connectivity index (χ1v) is 12.2. The van der Waals surface area contributed by atoms with E-state index in [0.717, 1.165) is 26.7 Å². The summed E-state index contributed by atoms with van der Waals surface area (Å²) in [6, 6.07) is 19.0. The van der Waals surface area contributed by atoms with Crippen molar-refractivity contribution in [1.82, 2.24) is 0 Å². The molecular weight excluding hydrogens is 436 g/mol. The second kappa shape index (κ2) is 10.1. The third-order valence-electron chi connectivity index (χ3n) is 5.45. The lowest BCUT2D eigenvalue weighted by atomic mass is 9.98. The number of nitrogens with zero attached hydrogens (tertiary/aromatic N) is 1. The van der Waals surface area contributed by atoms with Gasteiger partial charge in [0.1, 0.15) is 12.3 Å². The summed E-state index contributed by atoms with van der Waals surface area (Å²) >= 11 is 0. The number of rotatable bonds is 8. The molecule has 7 heteroatoms. The molecule has 1 N–H and O–H groups in total. The molecule has 0 aliphatic heterocycles. The van der Waals surface area contributed by atoms with Crippen molar-refractivity contribution in [3.8, 4) is 5.75 Å². The fourth-order valence-corrected chi connectivity index (χ4v) is 4.97. The van der Waals surface area contributed by atoms with E-state index in [1.165, 1.54) is 7.11 Å². The number of sulfonamides is 1. The molecule has 0 aliphatic rings. The number of hydrogen-bond donors (Lipinski definition) is 1. The van der Waals surface area contributed by atoms with Gasteiger partial charge in [-0.15, -0.1) is 0 Å². The Balaban J connectivity index is 1.98. The van der Waals surface area contributed by atoms with Crippen molar-refractivity contribution in [1.29, 1.82) is 0 Å². The van der Waals surface area contributed by atoms with Crippen molar-refractivity contribution >= 4 is 27.3 Å². The van der Waals surface area contributed by atoms with Gasteiger partial charge in [-0.1, -0.05) is 49.7 Å². The molecule has 6 nitrogen and oxygen atoms in total. The van der Waals surface area contributed by atoms with Crippen LogP contribution in [0.1, 0.15) is 36.5 Å². The zero-order valence-corrected chi connectivity index (χ0v) is 20.4. The molecular formula is C26H30N2O4S. The minimum Gasteiger partial charge on any atom is -0.497 e. The highest BCUT2D eigenvalue weighted by Gasteiger charge is 2.28. The maximum absolute atomic E-state index is 13.5. The Morgan fingerprint density at radius 2 is 1.61 bits per heavy atom. The molecule has 0 saturated heterocycles. The Morgan fingerprint density at radius 1 is 0.970 bits per heavy atom. The summed E-state index contributed by atoms with van der Waals surface area (Å²) in [7, 11) is -2.44. The highest BCUT2D eigenvalue weighted by Crippen LogP contribution is 2.29. The lowest BCUT2D eigenvalue weighted by Gasteiger charge is -2.25. The normalized spacial score (nSPS) is 11.3. The number of hydrogen-bond acceptors (Lipinski definition) is 4. The van der Waals surface area contributed by atoms with Crippen molar-refractivity contribution < 1.29 is 17.9 Å². The summed E-state index contributed by atoms with van der Waals surface area (Å²) in [5.41, 5.74) is 3.97. The maximum Gasteiger partial charge on any atom is 0.264 e. The molecule has 1 amide bonds. The van der Waals surface area contributed by atoms with Crippen LogP contribution in [0.15, 0.2) is 71.6 Å². The molecule has 0 unspecified atom stereocenters. The molecule has 0 radical (unpaired) electrons. The summed E-state index contributed by atoms with van der Waals surface area (Å²) in [5, 5.41) is 2.95. The number of nitrogens with one attached hydrogen (secondary N) is 1. The number of carbonyl (C=O) groups excluding carboxylic acids is 1. The van der Waals surface area contributed by atoms with E-state index < -0.39 is 15.9 Å². The highest BCUT2D eigenvalue weighted by molar-refractivity contribution is 7.92. The van der Waals surface area contributed by atoms with Crippen LogP contribution in [0.25, 0.3) is 0 Å². The van der Waals surface area contributed by atoms with Crippen LogP contribution in [0.3, 0.4) is 0 Å². The van der Waals surface area contributed by atoms with Gasteiger partial charge in [0.05, 0.1) is 17.7 Å². The average Bonchev–Trinajstić information content (AvgIpc) is 2.79. The molecule has 0 heterocycles. The lowest BCUT2D eigenvalue weighted by Crippen LogP contribution is -2.38. The summed E-state index contributed by atoms with van der Waals surface area (Å²) < 4.78 is 33.4. The quantitative estimate of drug-likeness (QED) is 0.491. The number of para-hydroxylation sites is 1. The minimum absolute atomic E-state index is 0.121. The van der Waals surface area contributed by atoms with E-state index in [-0.39, 0.29) is 17.4 Å². The van der Waals surface area contributed by atoms with Gasteiger partial charge < -0.3 is 10.1 Å². The van der Waals surface area contributed by atoms with E-state index in [1.54, 1.807) is 48.5 Å². The molecule has 0 aliphatic carbocycles. The molecule has 0 atom stereocenters. The summed E-state index contributed by atoms with van der Waals surface area (Å²) in [5.74, 6) is 0.379. The van der Waals surface area contributed by atoms with E-state index >= 15 is 0 Å². The molecule has 0 spiro atoms. The monoisotopic (exact) mass is 466 g/mol. The number of benzene rings is 3. The van der Waals surface area contributed by atoms with Gasteiger partial charge in [-0.3, -0.25) is 9.10 Å². The molecule has 0 aromatic heterocycles. The number of anilines is 2. The molecule has 3 aromatic rings. The molecule has 0 fully saturated rings. The fourth-order valence-electron chi connectivity index (χ4n) is 3.55. The van der Waals surface area contributed by atoms with E-state index in [9.17, 15) is 13.2 Å². The van der Waals surface area contributed by atoms with Crippen molar-refractivity contribution in [2.45, 2.75) is 38.5 Å². The molecule has 33 heavy (non-hydrogen) atoms. The zero-order chi connectivity index (χ0) is 24.2. The van der Waals surface area contributed by atoms with E-state index in [1.807, 2.05) is 32.0 Å². The Kier molecular flexibility index (Phi) is 7.43. The topological polar surface area (TPSA) is 75.7 Å². The smallest absolute Gasteiger partial charge is 0.264 e. The standard InChI is InChI=1S/C26H30N2O4S/c1-18(2)24-8-6-7-20(4)26(24)27-25(29)17-28(21-11-13-22(32-5)14-12-21)33(30,31)23-15-9-19(3)10-16-23/h6-16,18H,17H2,1-5H3,(H,27,29). The Hall–Kier alpha value is -3.32. The van der Waals surface area contributed by atoms with Crippen LogP contribution < -0.4 is 14.4 Å². The van der Waals surface area contributed by atoms with Gasteiger partial charge in [0.2, 0.25) is 5.91 Å². The molecule has 3 aromatic carbocycles. The first kappa shape index (κ1) is 24.3. The highest BCUT2D eigenvalue weighted by atomic mass is 32.2. The minimum atomic E-state index is -3.98. The largest absolute Gasteiger partial charge is 0.497 e. The second-order valence-electron chi connectivity index (χ2n) is 8.26. The molecule has 0 bridgehead atoms. The number of carbonyl (C=O) groups is 1. The number of methoxy groups -OCH3 is 1. The van der Waals surface area contributed by atoms with Crippen molar-refractivity contribution in [2.24, 2.45) is 0 Å². The summed E-state index contributed by atoms with van der Waals surface area (Å²) in [6.45, 7) is 7.55. The number of aryl methyl sites for hydroxylation is 2. The summed E-state index contributed by atoms with van der Waals surface area (Å²) in [4.78, 5) is 13.3. The summed E-state index contributed by atoms with van der Waals surface area (Å²) in [6.07, 6.45) is 0. The predicted octanol–water partition coefficient (Wildman–Crippen LogP) is 5.27. The van der Waals surface area contributed by atoms with Gasteiger partial charge in [0.25, 0.3) is 10.0 Å². The lowest BCUT2D eigenvalue weighted by molar-refractivity contribution is -0.114. The van der Waals surface area contributed by atoms with Crippen LogP contribution in [-0.4, -0.2) is 28.0 Å². The SMILES string of the molecule is COc1ccc(N(CC(=O)Nc2c(C)cccc2C(C)C)S(=O)(=O)c2ccc(C)cc2)cc1. The number of amides is 1. The first-order chi connectivity index (χ1) is 15.6. The Morgan fingerprint density at radius 3 is 2.18 bits per heavy atom. The van der Waals surface area contributed by atoms with Gasteiger partial charge in [-0.2, -0.15) is 0 Å². The van der Waals surface area contributed by atoms with Crippen LogP contribution in [0.2, 0.25) is 0 Å². The Labute approximate surface area is 196 Å². The zero-order valence-electron chi connectivity index (χ0n) is 19.6. The second-order valence-corrected chi connectivity index (χ2v) is 10.1. The van der Waals surface area contributed by atoms with E-state index in [0.29, 0.717) is 11.4 Å². The maximum atomic E-state index is 13.5. The van der Waals surface area contributed by atoms with Gasteiger partial charge >= 0.3 is 0 Å². The Bertz CT molecular complexity index is 1220. The van der Waals surface area contributed by atoms with Gasteiger partial charge in [-0.25, -0.2) is 8.42 Å². The number of ether oxygens (including phenoxy) is 1. The van der Waals surface area contributed by atoms with Crippen LogP contribution in [0.5, 0.6) is 5.75 Å².